The number of likely N-dealkylation sites (N-methyl/N-ethyl adjacent to an activating group) is 1. The standard InChI is InChI=1S/C18H28N4O2/c1-13(2)24-17-15(5-4-8-19-17)11-20-18(23)22-10-7-14-6-9-21(3)12-16(14)22/h4-5,8,13-14,16H,6-7,9-12H2,1-3H3,(H,20,23)/t14-,16-/m0/s1. The van der Waals surface area contributed by atoms with Gasteiger partial charge in [-0.15, -0.1) is 0 Å². The molecule has 0 aromatic carbocycles. The first-order valence-corrected chi connectivity index (χ1v) is 8.88. The fourth-order valence-corrected chi connectivity index (χ4v) is 3.71. The van der Waals surface area contributed by atoms with Gasteiger partial charge in [0.15, 0.2) is 0 Å². The maximum absolute atomic E-state index is 12.6. The van der Waals surface area contributed by atoms with Crippen molar-refractivity contribution in [3.05, 3.63) is 23.9 Å². The van der Waals surface area contributed by atoms with Crippen molar-refractivity contribution < 1.29 is 9.53 Å². The first kappa shape index (κ1) is 17.0. The highest BCUT2D eigenvalue weighted by Gasteiger charge is 2.39. The van der Waals surface area contributed by atoms with E-state index in [4.69, 9.17) is 4.74 Å². The summed E-state index contributed by atoms with van der Waals surface area (Å²) in [7, 11) is 2.13. The Bertz CT molecular complexity index is 578. The van der Waals surface area contributed by atoms with Crippen LogP contribution < -0.4 is 10.1 Å². The summed E-state index contributed by atoms with van der Waals surface area (Å²) in [6.45, 7) is 7.37. The molecular formula is C18H28N4O2. The van der Waals surface area contributed by atoms with E-state index in [0.29, 0.717) is 24.4 Å². The smallest absolute Gasteiger partial charge is 0.317 e. The number of amides is 2. The Labute approximate surface area is 144 Å². The SMILES string of the molecule is CC(C)Oc1ncccc1CNC(=O)N1CC[C@@H]2CCN(C)C[C@@H]21. The molecule has 24 heavy (non-hydrogen) atoms. The van der Waals surface area contributed by atoms with E-state index < -0.39 is 0 Å². The molecule has 0 aliphatic carbocycles. The van der Waals surface area contributed by atoms with Crippen molar-refractivity contribution >= 4 is 6.03 Å². The van der Waals surface area contributed by atoms with Crippen molar-refractivity contribution in [2.75, 3.05) is 26.7 Å². The van der Waals surface area contributed by atoms with Crippen LogP contribution in [-0.2, 0) is 6.54 Å². The number of pyridine rings is 1. The van der Waals surface area contributed by atoms with E-state index in [1.54, 1.807) is 6.20 Å². The summed E-state index contributed by atoms with van der Waals surface area (Å²) < 4.78 is 5.72. The third-order valence-corrected chi connectivity index (χ3v) is 4.95. The summed E-state index contributed by atoms with van der Waals surface area (Å²) in [5.74, 6) is 1.26. The molecular weight excluding hydrogens is 304 g/mol. The Morgan fingerprint density at radius 1 is 1.42 bits per heavy atom. The maximum atomic E-state index is 12.6. The van der Waals surface area contributed by atoms with E-state index in [1.165, 1.54) is 6.42 Å². The van der Waals surface area contributed by atoms with Crippen molar-refractivity contribution in [1.82, 2.24) is 20.1 Å². The van der Waals surface area contributed by atoms with Crippen LogP contribution in [-0.4, -0.2) is 59.6 Å². The molecule has 0 unspecified atom stereocenters. The molecule has 3 rings (SSSR count). The van der Waals surface area contributed by atoms with Gasteiger partial charge in [-0.2, -0.15) is 0 Å². The van der Waals surface area contributed by atoms with Gasteiger partial charge in [0.05, 0.1) is 6.10 Å². The number of likely N-dealkylation sites (tertiary alicyclic amines) is 2. The van der Waals surface area contributed by atoms with Gasteiger partial charge in [-0.3, -0.25) is 0 Å². The Morgan fingerprint density at radius 3 is 3.00 bits per heavy atom. The lowest BCUT2D eigenvalue weighted by molar-refractivity contribution is 0.131. The number of urea groups is 1. The number of piperidine rings is 1. The molecule has 3 heterocycles. The first-order valence-electron chi connectivity index (χ1n) is 8.88. The van der Waals surface area contributed by atoms with Crippen molar-refractivity contribution in [2.24, 2.45) is 5.92 Å². The fraction of sp³-hybridized carbons (Fsp3) is 0.667. The van der Waals surface area contributed by atoms with Crippen molar-refractivity contribution in [3.8, 4) is 5.88 Å². The zero-order valence-corrected chi connectivity index (χ0v) is 14.9. The molecule has 2 aliphatic heterocycles. The third-order valence-electron chi connectivity index (χ3n) is 4.95. The molecule has 0 bridgehead atoms. The quantitative estimate of drug-likeness (QED) is 0.917. The van der Waals surface area contributed by atoms with Gasteiger partial charge in [0.1, 0.15) is 0 Å². The molecule has 6 heteroatoms. The van der Waals surface area contributed by atoms with Crippen LogP contribution >= 0.6 is 0 Å². The van der Waals surface area contributed by atoms with Crippen molar-refractivity contribution in [2.45, 2.75) is 45.4 Å². The number of nitrogens with one attached hydrogen (secondary N) is 1. The lowest BCUT2D eigenvalue weighted by atomic mass is 9.92. The maximum Gasteiger partial charge on any atom is 0.317 e. The monoisotopic (exact) mass is 332 g/mol. The van der Waals surface area contributed by atoms with E-state index in [1.807, 2.05) is 30.9 Å². The summed E-state index contributed by atoms with van der Waals surface area (Å²) in [5, 5.41) is 3.05. The summed E-state index contributed by atoms with van der Waals surface area (Å²) >= 11 is 0. The van der Waals surface area contributed by atoms with E-state index in [2.05, 4.69) is 22.2 Å². The number of ether oxygens (including phenoxy) is 1. The van der Waals surface area contributed by atoms with Gasteiger partial charge in [0.2, 0.25) is 5.88 Å². The number of fused-ring (bicyclic) bond motifs is 1. The number of hydrogen-bond donors (Lipinski definition) is 1. The second-order valence-corrected chi connectivity index (χ2v) is 7.15. The zero-order chi connectivity index (χ0) is 17.1. The van der Waals surface area contributed by atoms with Crippen molar-refractivity contribution in [3.63, 3.8) is 0 Å². The number of hydrogen-bond acceptors (Lipinski definition) is 4. The summed E-state index contributed by atoms with van der Waals surface area (Å²) in [5.41, 5.74) is 0.913. The highest BCUT2D eigenvalue weighted by Crippen LogP contribution is 2.31. The van der Waals surface area contributed by atoms with E-state index >= 15 is 0 Å². The molecule has 2 aliphatic rings. The number of carbonyl (C=O) groups excluding carboxylic acids is 1. The van der Waals surface area contributed by atoms with Crippen LogP contribution in [0, 0.1) is 5.92 Å². The van der Waals surface area contributed by atoms with Crippen LogP contribution in [0.5, 0.6) is 5.88 Å². The molecule has 1 aromatic heterocycles. The average molecular weight is 332 g/mol. The molecule has 0 saturated carbocycles. The number of rotatable bonds is 4. The lowest BCUT2D eigenvalue weighted by Crippen LogP contribution is -2.51. The number of nitrogens with zero attached hydrogens (tertiary/aromatic N) is 3. The first-order chi connectivity index (χ1) is 11.5. The van der Waals surface area contributed by atoms with Gasteiger partial charge in [-0.05, 0) is 52.3 Å². The third kappa shape index (κ3) is 3.80. The Morgan fingerprint density at radius 2 is 2.21 bits per heavy atom. The highest BCUT2D eigenvalue weighted by molar-refractivity contribution is 5.75. The van der Waals surface area contributed by atoms with Gasteiger partial charge in [-0.25, -0.2) is 9.78 Å². The minimum absolute atomic E-state index is 0.0251. The number of aromatic nitrogens is 1. The molecule has 6 nitrogen and oxygen atoms in total. The molecule has 2 saturated heterocycles. The van der Waals surface area contributed by atoms with Crippen LogP contribution in [0.25, 0.3) is 0 Å². The summed E-state index contributed by atoms with van der Waals surface area (Å²) in [4.78, 5) is 21.3. The van der Waals surface area contributed by atoms with Crippen LogP contribution in [0.15, 0.2) is 18.3 Å². The topological polar surface area (TPSA) is 57.7 Å². The molecule has 1 aromatic rings. The second-order valence-electron chi connectivity index (χ2n) is 7.15. The van der Waals surface area contributed by atoms with Gasteiger partial charge < -0.3 is 19.9 Å². The van der Waals surface area contributed by atoms with Crippen LogP contribution in [0.4, 0.5) is 4.79 Å². The van der Waals surface area contributed by atoms with Crippen LogP contribution in [0.3, 0.4) is 0 Å². The fourth-order valence-electron chi connectivity index (χ4n) is 3.71. The largest absolute Gasteiger partial charge is 0.475 e. The Kier molecular flexibility index (Phi) is 5.23. The molecule has 2 atom stereocenters. The normalized spacial score (nSPS) is 24.1. The van der Waals surface area contributed by atoms with E-state index in [-0.39, 0.29) is 12.1 Å². The Balaban J connectivity index is 1.60. The summed E-state index contributed by atoms with van der Waals surface area (Å²) in [6, 6.07) is 4.20. The molecule has 132 valence electrons. The molecule has 0 spiro atoms. The molecule has 2 amide bonds. The molecule has 0 radical (unpaired) electrons. The second kappa shape index (κ2) is 7.38. The minimum Gasteiger partial charge on any atom is -0.475 e. The zero-order valence-electron chi connectivity index (χ0n) is 14.9. The molecule has 2 fully saturated rings. The Hall–Kier alpha value is -1.82. The predicted molar refractivity (Wildman–Crippen MR) is 93.0 cm³/mol. The van der Waals surface area contributed by atoms with Crippen LogP contribution in [0.2, 0.25) is 0 Å². The average Bonchev–Trinajstić information content (AvgIpc) is 2.96. The number of carbonyl (C=O) groups is 1. The predicted octanol–water partition coefficient (Wildman–Crippen LogP) is 2.10. The van der Waals surface area contributed by atoms with Gasteiger partial charge in [-0.1, -0.05) is 6.07 Å². The highest BCUT2D eigenvalue weighted by atomic mass is 16.5. The van der Waals surface area contributed by atoms with Gasteiger partial charge in [0, 0.05) is 37.4 Å². The van der Waals surface area contributed by atoms with Gasteiger partial charge in [0.25, 0.3) is 0 Å². The van der Waals surface area contributed by atoms with Crippen molar-refractivity contribution in [1.29, 1.82) is 0 Å². The van der Waals surface area contributed by atoms with Crippen LogP contribution in [0.1, 0.15) is 32.3 Å². The van der Waals surface area contributed by atoms with E-state index in [0.717, 1.165) is 31.6 Å². The summed E-state index contributed by atoms with van der Waals surface area (Å²) in [6.07, 6.45) is 4.10. The minimum atomic E-state index is 0.0251. The lowest BCUT2D eigenvalue weighted by Gasteiger charge is -2.36. The van der Waals surface area contributed by atoms with E-state index in [9.17, 15) is 4.79 Å². The molecule has 1 N–H and O–H groups in total. The van der Waals surface area contributed by atoms with Gasteiger partial charge >= 0.3 is 6.03 Å².